The van der Waals surface area contributed by atoms with E-state index in [0.717, 1.165) is 32.1 Å². The van der Waals surface area contributed by atoms with E-state index < -0.39 is 5.97 Å². The summed E-state index contributed by atoms with van der Waals surface area (Å²) < 4.78 is 18.9. The SMILES string of the molecule is CCCCCCCCC(CC(C)NCN)C(OCCC)(OCCC)OCCC. The van der Waals surface area contributed by atoms with E-state index in [1.54, 1.807) is 0 Å². The Balaban J connectivity index is 5.23. The summed E-state index contributed by atoms with van der Waals surface area (Å²) in [5.74, 6) is -0.743. The third-order valence-corrected chi connectivity index (χ3v) is 5.03. The first kappa shape index (κ1) is 27.8. The van der Waals surface area contributed by atoms with Crippen molar-refractivity contribution in [2.45, 2.75) is 117 Å². The van der Waals surface area contributed by atoms with Crippen LogP contribution >= 0.6 is 0 Å². The van der Waals surface area contributed by atoms with Crippen LogP contribution in [0, 0.1) is 5.92 Å². The zero-order valence-corrected chi connectivity index (χ0v) is 19.6. The van der Waals surface area contributed by atoms with Crippen molar-refractivity contribution in [2.24, 2.45) is 11.7 Å². The van der Waals surface area contributed by atoms with Crippen molar-refractivity contribution < 1.29 is 14.2 Å². The highest BCUT2D eigenvalue weighted by molar-refractivity contribution is 4.77. The minimum Gasteiger partial charge on any atom is -0.327 e. The molecular weight excluding hydrogens is 352 g/mol. The largest absolute Gasteiger partial charge is 0.327 e. The van der Waals surface area contributed by atoms with Gasteiger partial charge in [0.2, 0.25) is 0 Å². The standard InChI is InChI=1S/C23H50N2O3/c1-6-10-11-12-13-14-15-22(19-21(5)25-20-24)23(26-16-7-2,27-17-8-3)28-18-9-4/h21-22,25H,6-20,24H2,1-5H3. The number of hydrogen-bond acceptors (Lipinski definition) is 5. The summed E-state index contributed by atoms with van der Waals surface area (Å²) in [7, 11) is 0. The monoisotopic (exact) mass is 402 g/mol. The van der Waals surface area contributed by atoms with Gasteiger partial charge in [0, 0.05) is 18.6 Å². The molecule has 5 heteroatoms. The lowest BCUT2D eigenvalue weighted by atomic mass is 9.91. The first-order chi connectivity index (χ1) is 13.6. The van der Waals surface area contributed by atoms with Crippen LogP contribution in [0.3, 0.4) is 0 Å². The number of ether oxygens (including phenoxy) is 3. The van der Waals surface area contributed by atoms with Gasteiger partial charge < -0.3 is 25.3 Å². The van der Waals surface area contributed by atoms with Gasteiger partial charge in [-0.3, -0.25) is 0 Å². The Morgan fingerprint density at radius 3 is 1.71 bits per heavy atom. The van der Waals surface area contributed by atoms with Crippen molar-refractivity contribution in [3.63, 3.8) is 0 Å². The number of nitrogens with two attached hydrogens (primary N) is 1. The van der Waals surface area contributed by atoms with E-state index in [9.17, 15) is 0 Å². The number of nitrogens with one attached hydrogen (secondary N) is 1. The molecule has 0 aliphatic rings. The second-order valence-electron chi connectivity index (χ2n) is 7.95. The fourth-order valence-corrected chi connectivity index (χ4v) is 3.53. The third-order valence-electron chi connectivity index (χ3n) is 5.03. The summed E-state index contributed by atoms with van der Waals surface area (Å²) in [4.78, 5) is 0. The molecule has 5 nitrogen and oxygen atoms in total. The number of rotatable bonds is 21. The number of hydrogen-bond donors (Lipinski definition) is 2. The van der Waals surface area contributed by atoms with E-state index in [2.05, 4.69) is 39.9 Å². The lowest BCUT2D eigenvalue weighted by Crippen LogP contribution is -2.49. The molecule has 0 spiro atoms. The molecule has 2 unspecified atom stereocenters. The Hall–Kier alpha value is -0.200. The van der Waals surface area contributed by atoms with Gasteiger partial charge in [0.1, 0.15) is 0 Å². The van der Waals surface area contributed by atoms with Crippen LogP contribution in [-0.2, 0) is 14.2 Å². The van der Waals surface area contributed by atoms with Gasteiger partial charge in [-0.05, 0) is 39.0 Å². The Morgan fingerprint density at radius 2 is 1.25 bits per heavy atom. The summed E-state index contributed by atoms with van der Waals surface area (Å²) in [5, 5.41) is 3.35. The van der Waals surface area contributed by atoms with E-state index >= 15 is 0 Å². The minimum absolute atomic E-state index is 0.192. The molecule has 0 amide bonds. The minimum atomic E-state index is -0.935. The highest BCUT2D eigenvalue weighted by Crippen LogP contribution is 2.34. The lowest BCUT2D eigenvalue weighted by Gasteiger charge is -2.41. The molecule has 0 aliphatic carbocycles. The highest BCUT2D eigenvalue weighted by atomic mass is 16.9. The molecule has 0 aromatic carbocycles. The Labute approximate surface area is 175 Å². The van der Waals surface area contributed by atoms with Crippen LogP contribution in [0.15, 0.2) is 0 Å². The van der Waals surface area contributed by atoms with Gasteiger partial charge in [-0.25, -0.2) is 0 Å². The van der Waals surface area contributed by atoms with Crippen LogP contribution in [0.2, 0.25) is 0 Å². The highest BCUT2D eigenvalue weighted by Gasteiger charge is 2.42. The van der Waals surface area contributed by atoms with Gasteiger partial charge >= 0.3 is 0 Å². The summed E-state index contributed by atoms with van der Waals surface area (Å²) in [6, 6.07) is 0.301. The molecule has 0 saturated carbocycles. The first-order valence-corrected chi connectivity index (χ1v) is 11.9. The lowest BCUT2D eigenvalue weighted by molar-refractivity contribution is -0.407. The summed E-state index contributed by atoms with van der Waals surface area (Å²) in [6.07, 6.45) is 12.6. The molecule has 3 N–H and O–H groups in total. The van der Waals surface area contributed by atoms with Crippen LogP contribution in [0.1, 0.15) is 105 Å². The van der Waals surface area contributed by atoms with Gasteiger partial charge in [0.15, 0.2) is 0 Å². The molecule has 0 heterocycles. The van der Waals surface area contributed by atoms with E-state index in [0.29, 0.717) is 32.5 Å². The smallest absolute Gasteiger partial charge is 0.285 e. The van der Waals surface area contributed by atoms with Crippen LogP contribution in [0.4, 0.5) is 0 Å². The Bertz CT molecular complexity index is 307. The predicted molar refractivity (Wildman–Crippen MR) is 119 cm³/mol. The molecule has 0 aromatic heterocycles. The van der Waals surface area contributed by atoms with E-state index in [1.807, 2.05) is 0 Å². The zero-order valence-electron chi connectivity index (χ0n) is 19.6. The second-order valence-corrected chi connectivity index (χ2v) is 7.95. The van der Waals surface area contributed by atoms with Crippen LogP contribution in [0.25, 0.3) is 0 Å². The molecule has 0 saturated heterocycles. The second kappa shape index (κ2) is 18.8. The molecule has 0 rings (SSSR count). The average Bonchev–Trinajstić information content (AvgIpc) is 2.69. The zero-order chi connectivity index (χ0) is 21.1. The molecule has 0 bridgehead atoms. The van der Waals surface area contributed by atoms with Crippen molar-refractivity contribution in [3.8, 4) is 0 Å². The molecule has 0 aromatic rings. The van der Waals surface area contributed by atoms with Gasteiger partial charge in [0.05, 0.1) is 19.8 Å². The van der Waals surface area contributed by atoms with Gasteiger partial charge in [-0.1, -0.05) is 66.2 Å². The van der Waals surface area contributed by atoms with Crippen molar-refractivity contribution in [1.29, 1.82) is 0 Å². The first-order valence-electron chi connectivity index (χ1n) is 11.9. The van der Waals surface area contributed by atoms with E-state index in [4.69, 9.17) is 19.9 Å². The summed E-state index contributed by atoms with van der Waals surface area (Å²) in [6.45, 7) is 13.3. The van der Waals surface area contributed by atoms with Crippen molar-refractivity contribution in [3.05, 3.63) is 0 Å². The van der Waals surface area contributed by atoms with Crippen LogP contribution < -0.4 is 11.1 Å². The summed E-state index contributed by atoms with van der Waals surface area (Å²) in [5.41, 5.74) is 5.72. The van der Waals surface area contributed by atoms with Crippen molar-refractivity contribution in [1.82, 2.24) is 5.32 Å². The Morgan fingerprint density at radius 1 is 0.750 bits per heavy atom. The van der Waals surface area contributed by atoms with Gasteiger partial charge in [-0.2, -0.15) is 0 Å². The molecule has 0 aliphatic heterocycles. The third kappa shape index (κ3) is 12.4. The maximum atomic E-state index is 6.32. The quantitative estimate of drug-likeness (QED) is 0.194. The number of unbranched alkanes of at least 4 members (excludes halogenated alkanes) is 5. The molecule has 170 valence electrons. The maximum Gasteiger partial charge on any atom is 0.285 e. The fraction of sp³-hybridized carbons (Fsp3) is 1.00. The average molecular weight is 403 g/mol. The van der Waals surface area contributed by atoms with E-state index in [1.165, 1.54) is 38.5 Å². The van der Waals surface area contributed by atoms with Gasteiger partial charge in [-0.15, -0.1) is 0 Å². The fourth-order valence-electron chi connectivity index (χ4n) is 3.53. The molecule has 28 heavy (non-hydrogen) atoms. The van der Waals surface area contributed by atoms with E-state index in [-0.39, 0.29) is 5.92 Å². The molecule has 2 atom stereocenters. The summed E-state index contributed by atoms with van der Waals surface area (Å²) >= 11 is 0. The van der Waals surface area contributed by atoms with Gasteiger partial charge in [0.25, 0.3) is 5.97 Å². The molecule has 0 fully saturated rings. The topological polar surface area (TPSA) is 65.7 Å². The molecule has 0 radical (unpaired) electrons. The van der Waals surface area contributed by atoms with Crippen LogP contribution in [-0.4, -0.2) is 38.5 Å². The Kier molecular flexibility index (Phi) is 18.7. The molecular formula is C23H50N2O3. The maximum absolute atomic E-state index is 6.32. The van der Waals surface area contributed by atoms with Crippen molar-refractivity contribution in [2.75, 3.05) is 26.5 Å². The predicted octanol–water partition coefficient (Wildman–Crippen LogP) is 5.57. The van der Waals surface area contributed by atoms with Crippen molar-refractivity contribution >= 4 is 0 Å². The van der Waals surface area contributed by atoms with Crippen LogP contribution in [0.5, 0.6) is 0 Å². The normalized spacial score (nSPS) is 14.4.